The van der Waals surface area contributed by atoms with E-state index in [4.69, 9.17) is 0 Å². The van der Waals surface area contributed by atoms with Gasteiger partial charge in [0.05, 0.1) is 5.25 Å². The van der Waals surface area contributed by atoms with Crippen LogP contribution >= 0.6 is 11.8 Å². The molecule has 0 fully saturated rings. The Kier molecular flexibility index (Phi) is 4.89. The summed E-state index contributed by atoms with van der Waals surface area (Å²) < 4.78 is 28.7. The zero-order valence-corrected chi connectivity index (χ0v) is 12.3. The van der Waals surface area contributed by atoms with Crippen LogP contribution in [0.15, 0.2) is 29.7 Å². The molecule has 0 aliphatic heterocycles. The Labute approximate surface area is 124 Å². The minimum Gasteiger partial charge on any atom is -0.320 e. The molecule has 8 heteroatoms. The molecular formula is C13H14F2N4OS. The number of carbonyl (C=O) groups excluding carboxylic acids is 1. The Morgan fingerprint density at radius 1 is 1.43 bits per heavy atom. The Bertz CT molecular complexity index is 627. The fourth-order valence-electron chi connectivity index (χ4n) is 1.61. The highest BCUT2D eigenvalue weighted by Gasteiger charge is 2.20. The summed E-state index contributed by atoms with van der Waals surface area (Å²) in [6.07, 6.45) is 1.56. The summed E-state index contributed by atoms with van der Waals surface area (Å²) in [5.74, 6) is -2.12. The van der Waals surface area contributed by atoms with Gasteiger partial charge in [-0.15, -0.1) is 10.2 Å². The molecule has 0 saturated heterocycles. The van der Waals surface area contributed by atoms with Crippen LogP contribution in [0.25, 0.3) is 0 Å². The molecule has 1 heterocycles. The van der Waals surface area contributed by atoms with Crippen molar-refractivity contribution in [3.05, 3.63) is 36.2 Å². The Balaban J connectivity index is 2.06. The molecule has 0 saturated carbocycles. The SMILES string of the molecule is CCn1cnnc1S[C@@H](C)C(=O)Nc1c(F)cccc1F. The van der Waals surface area contributed by atoms with Crippen molar-refractivity contribution in [2.45, 2.75) is 30.8 Å². The summed E-state index contributed by atoms with van der Waals surface area (Å²) in [6.45, 7) is 4.23. The zero-order chi connectivity index (χ0) is 15.4. The van der Waals surface area contributed by atoms with Gasteiger partial charge >= 0.3 is 0 Å². The van der Waals surface area contributed by atoms with Gasteiger partial charge in [0.15, 0.2) is 5.16 Å². The number of nitrogens with one attached hydrogen (secondary N) is 1. The van der Waals surface area contributed by atoms with Crippen molar-refractivity contribution in [1.82, 2.24) is 14.8 Å². The number of halogens is 2. The van der Waals surface area contributed by atoms with Crippen LogP contribution in [0.1, 0.15) is 13.8 Å². The molecule has 1 N–H and O–H groups in total. The lowest BCUT2D eigenvalue weighted by atomic mass is 10.3. The van der Waals surface area contributed by atoms with Crippen molar-refractivity contribution in [1.29, 1.82) is 0 Å². The van der Waals surface area contributed by atoms with E-state index in [1.165, 1.54) is 17.8 Å². The molecule has 0 unspecified atom stereocenters. The van der Waals surface area contributed by atoms with Crippen LogP contribution in [0.4, 0.5) is 14.5 Å². The highest BCUT2D eigenvalue weighted by molar-refractivity contribution is 8.00. The van der Waals surface area contributed by atoms with Crippen molar-refractivity contribution < 1.29 is 13.6 Å². The summed E-state index contributed by atoms with van der Waals surface area (Å²) in [7, 11) is 0. The third-order valence-electron chi connectivity index (χ3n) is 2.78. The highest BCUT2D eigenvalue weighted by Crippen LogP contribution is 2.24. The first-order valence-corrected chi connectivity index (χ1v) is 7.20. The Morgan fingerprint density at radius 2 is 2.10 bits per heavy atom. The van der Waals surface area contributed by atoms with E-state index < -0.39 is 28.5 Å². The van der Waals surface area contributed by atoms with Gasteiger partial charge in [-0.25, -0.2) is 8.78 Å². The minimum absolute atomic E-state index is 0.438. The number of amides is 1. The number of carbonyl (C=O) groups is 1. The molecule has 112 valence electrons. The van der Waals surface area contributed by atoms with Crippen molar-refractivity contribution in [2.24, 2.45) is 0 Å². The molecular weight excluding hydrogens is 298 g/mol. The van der Waals surface area contributed by atoms with E-state index in [0.717, 1.165) is 12.1 Å². The van der Waals surface area contributed by atoms with Crippen LogP contribution in [0, 0.1) is 11.6 Å². The molecule has 0 aliphatic carbocycles. The summed E-state index contributed by atoms with van der Waals surface area (Å²) in [4.78, 5) is 12.0. The number of hydrogen-bond donors (Lipinski definition) is 1. The van der Waals surface area contributed by atoms with Gasteiger partial charge in [0.1, 0.15) is 23.6 Å². The van der Waals surface area contributed by atoms with Crippen molar-refractivity contribution in [2.75, 3.05) is 5.32 Å². The minimum atomic E-state index is -0.808. The first kappa shape index (κ1) is 15.4. The van der Waals surface area contributed by atoms with Crippen LogP contribution in [-0.2, 0) is 11.3 Å². The Morgan fingerprint density at radius 3 is 2.71 bits per heavy atom. The van der Waals surface area contributed by atoms with Crippen LogP contribution in [0.2, 0.25) is 0 Å². The molecule has 1 aromatic heterocycles. The topological polar surface area (TPSA) is 59.8 Å². The Hall–Kier alpha value is -1.96. The van der Waals surface area contributed by atoms with Gasteiger partial charge in [-0.2, -0.15) is 0 Å². The molecule has 0 bridgehead atoms. The van der Waals surface area contributed by atoms with E-state index in [1.807, 2.05) is 6.92 Å². The second kappa shape index (κ2) is 6.66. The van der Waals surface area contributed by atoms with Gasteiger partial charge < -0.3 is 9.88 Å². The number of aromatic nitrogens is 3. The quantitative estimate of drug-likeness (QED) is 0.862. The summed E-state index contributed by atoms with van der Waals surface area (Å²) in [6, 6.07) is 3.41. The third-order valence-corrected chi connectivity index (χ3v) is 3.88. The lowest BCUT2D eigenvalue weighted by Crippen LogP contribution is -2.24. The lowest BCUT2D eigenvalue weighted by Gasteiger charge is -2.12. The highest BCUT2D eigenvalue weighted by atomic mass is 32.2. The van der Waals surface area contributed by atoms with Gasteiger partial charge in [-0.1, -0.05) is 17.8 Å². The first-order valence-electron chi connectivity index (χ1n) is 6.32. The molecule has 2 aromatic rings. The lowest BCUT2D eigenvalue weighted by molar-refractivity contribution is -0.115. The summed E-state index contributed by atoms with van der Waals surface area (Å²) >= 11 is 1.17. The number of anilines is 1. The van der Waals surface area contributed by atoms with Crippen LogP contribution in [0.5, 0.6) is 0 Å². The van der Waals surface area contributed by atoms with Gasteiger partial charge in [0, 0.05) is 6.54 Å². The molecule has 5 nitrogen and oxygen atoms in total. The number of nitrogens with zero attached hydrogens (tertiary/aromatic N) is 3. The molecule has 1 atom stereocenters. The first-order chi connectivity index (χ1) is 10.0. The van der Waals surface area contributed by atoms with E-state index in [2.05, 4.69) is 15.5 Å². The standard InChI is InChI=1S/C13H14F2N4OS/c1-3-19-7-16-18-13(19)21-8(2)12(20)17-11-9(14)5-4-6-10(11)15/h4-8H,3H2,1-2H3,(H,17,20)/t8-/m0/s1. The average molecular weight is 312 g/mol. The van der Waals surface area contributed by atoms with E-state index in [-0.39, 0.29) is 0 Å². The third kappa shape index (κ3) is 3.57. The van der Waals surface area contributed by atoms with Crippen molar-refractivity contribution >= 4 is 23.4 Å². The zero-order valence-electron chi connectivity index (χ0n) is 11.5. The monoisotopic (exact) mass is 312 g/mol. The summed E-state index contributed by atoms with van der Waals surface area (Å²) in [5, 5.41) is 9.93. The van der Waals surface area contributed by atoms with E-state index in [9.17, 15) is 13.6 Å². The maximum Gasteiger partial charge on any atom is 0.237 e. The number of hydrogen-bond acceptors (Lipinski definition) is 4. The largest absolute Gasteiger partial charge is 0.320 e. The molecule has 2 rings (SSSR count). The second-order valence-corrected chi connectivity index (χ2v) is 5.55. The van der Waals surface area contributed by atoms with Gasteiger partial charge in [-0.05, 0) is 26.0 Å². The van der Waals surface area contributed by atoms with E-state index in [1.54, 1.807) is 17.8 Å². The van der Waals surface area contributed by atoms with E-state index in [0.29, 0.717) is 11.7 Å². The van der Waals surface area contributed by atoms with Crippen LogP contribution < -0.4 is 5.32 Å². The van der Waals surface area contributed by atoms with Crippen LogP contribution in [-0.4, -0.2) is 25.9 Å². The van der Waals surface area contributed by atoms with Crippen molar-refractivity contribution in [3.63, 3.8) is 0 Å². The smallest absolute Gasteiger partial charge is 0.237 e. The summed E-state index contributed by atoms with van der Waals surface area (Å²) in [5.41, 5.74) is -0.438. The molecule has 1 aromatic carbocycles. The predicted octanol–water partition coefficient (Wildman–Crippen LogP) is 2.70. The number of para-hydroxylation sites is 1. The van der Waals surface area contributed by atoms with Crippen LogP contribution in [0.3, 0.4) is 0 Å². The van der Waals surface area contributed by atoms with Gasteiger partial charge in [0.25, 0.3) is 0 Å². The van der Waals surface area contributed by atoms with Crippen molar-refractivity contribution in [3.8, 4) is 0 Å². The maximum absolute atomic E-state index is 13.5. The van der Waals surface area contributed by atoms with E-state index >= 15 is 0 Å². The predicted molar refractivity (Wildman–Crippen MR) is 76.0 cm³/mol. The fourth-order valence-corrected chi connectivity index (χ4v) is 2.49. The fraction of sp³-hybridized carbons (Fsp3) is 0.308. The number of benzene rings is 1. The average Bonchev–Trinajstić information content (AvgIpc) is 2.90. The molecule has 0 aliphatic rings. The van der Waals surface area contributed by atoms with Gasteiger partial charge in [-0.3, -0.25) is 4.79 Å². The second-order valence-electron chi connectivity index (χ2n) is 4.25. The van der Waals surface area contributed by atoms with Gasteiger partial charge in [0.2, 0.25) is 5.91 Å². The molecule has 21 heavy (non-hydrogen) atoms. The number of rotatable bonds is 5. The number of aryl methyl sites for hydroxylation is 1. The normalized spacial score (nSPS) is 12.2. The molecule has 1 amide bonds. The molecule has 0 spiro atoms. The maximum atomic E-state index is 13.5. The number of thioether (sulfide) groups is 1. The molecule has 0 radical (unpaired) electrons.